The van der Waals surface area contributed by atoms with E-state index < -0.39 is 34.5 Å². The molecule has 0 aromatic heterocycles. The maximum Gasteiger partial charge on any atom is 0.416 e. The highest BCUT2D eigenvalue weighted by atomic mass is 19.4. The number of carbonyl (C=O) groups is 1. The van der Waals surface area contributed by atoms with Crippen molar-refractivity contribution in [3.05, 3.63) is 79.6 Å². The van der Waals surface area contributed by atoms with E-state index in [9.17, 15) is 32.7 Å². The van der Waals surface area contributed by atoms with Crippen molar-refractivity contribution >= 4 is 23.0 Å². The number of hydrogen-bond donors (Lipinski definition) is 3. The summed E-state index contributed by atoms with van der Waals surface area (Å²) in [6.07, 6.45) is -3.81. The number of anilines is 3. The third-order valence-corrected chi connectivity index (χ3v) is 5.42. The normalized spacial score (nSPS) is 12.4. The van der Waals surface area contributed by atoms with E-state index in [4.69, 9.17) is 0 Å². The van der Waals surface area contributed by atoms with Crippen molar-refractivity contribution in [1.82, 2.24) is 4.90 Å². The lowest BCUT2D eigenvalue weighted by Gasteiger charge is -2.22. The molecule has 0 bridgehead atoms. The van der Waals surface area contributed by atoms with Gasteiger partial charge in [-0.05, 0) is 36.6 Å². The zero-order valence-corrected chi connectivity index (χ0v) is 18.8. The molecule has 3 N–H and O–H groups in total. The first-order valence-corrected chi connectivity index (χ1v) is 10.5. The van der Waals surface area contributed by atoms with Crippen LogP contribution in [0.25, 0.3) is 0 Å². The summed E-state index contributed by atoms with van der Waals surface area (Å²) in [6, 6.07) is 8.87. The first-order chi connectivity index (χ1) is 15.9. The molecule has 0 heterocycles. The van der Waals surface area contributed by atoms with Gasteiger partial charge in [-0.1, -0.05) is 31.2 Å². The van der Waals surface area contributed by atoms with E-state index in [0.717, 1.165) is 12.1 Å². The first-order valence-electron chi connectivity index (χ1n) is 10.5. The van der Waals surface area contributed by atoms with Gasteiger partial charge in [-0.2, -0.15) is 13.2 Å². The van der Waals surface area contributed by atoms with Crippen molar-refractivity contribution in [2.24, 2.45) is 0 Å². The number of halogens is 3. The third kappa shape index (κ3) is 5.05. The van der Waals surface area contributed by atoms with E-state index in [0.29, 0.717) is 12.0 Å². The van der Waals surface area contributed by atoms with Gasteiger partial charge in [0.15, 0.2) is 5.75 Å². The minimum absolute atomic E-state index is 0.0131. The fraction of sp³-hybridized carbons (Fsp3) is 0.292. The molecule has 3 aromatic rings. The highest BCUT2D eigenvalue weighted by molar-refractivity contribution is 5.99. The van der Waals surface area contributed by atoms with Gasteiger partial charge in [-0.3, -0.25) is 14.4 Å². The molecule has 0 spiro atoms. The van der Waals surface area contributed by atoms with Gasteiger partial charge >= 0.3 is 6.18 Å². The molecule has 34 heavy (non-hydrogen) atoms. The number of alkyl halides is 3. The summed E-state index contributed by atoms with van der Waals surface area (Å²) in [5.41, 5.74) is -1.95. The molecule has 0 aliphatic heterocycles. The number of carbonyl (C=O) groups excluding carboxylic acids is 1. The molecule has 0 aliphatic carbocycles. The highest BCUT2D eigenvalue weighted by Crippen LogP contribution is 2.33. The second-order valence-corrected chi connectivity index (χ2v) is 8.09. The molecule has 3 rings (SSSR count). The van der Waals surface area contributed by atoms with Crippen LogP contribution in [0.3, 0.4) is 0 Å². The van der Waals surface area contributed by atoms with Gasteiger partial charge in [-0.25, -0.2) is 0 Å². The van der Waals surface area contributed by atoms with Crippen molar-refractivity contribution in [1.29, 1.82) is 0 Å². The van der Waals surface area contributed by atoms with Gasteiger partial charge in [0.25, 0.3) is 16.8 Å². The van der Waals surface area contributed by atoms with Gasteiger partial charge < -0.3 is 20.6 Å². The number of phenols is 1. The Kier molecular flexibility index (Phi) is 6.99. The number of rotatable bonds is 8. The van der Waals surface area contributed by atoms with Crippen molar-refractivity contribution in [2.75, 3.05) is 24.7 Å². The molecule has 0 fully saturated rings. The predicted molar refractivity (Wildman–Crippen MR) is 124 cm³/mol. The average Bonchev–Trinajstić information content (AvgIpc) is 2.80. The lowest BCUT2D eigenvalue weighted by Crippen LogP contribution is -2.39. The average molecular weight is 475 g/mol. The van der Waals surface area contributed by atoms with E-state index in [1.165, 1.54) is 43.3 Å². The van der Waals surface area contributed by atoms with Crippen molar-refractivity contribution in [2.45, 2.75) is 32.0 Å². The molecule has 0 aliphatic rings. The largest absolute Gasteiger partial charge is 0.505 e. The van der Waals surface area contributed by atoms with E-state index in [1.807, 2.05) is 0 Å². The van der Waals surface area contributed by atoms with Gasteiger partial charge in [0.05, 0.1) is 16.8 Å². The van der Waals surface area contributed by atoms with E-state index in [1.54, 1.807) is 13.0 Å². The molecule has 10 heteroatoms. The molecule has 0 saturated heterocycles. The van der Waals surface area contributed by atoms with Crippen LogP contribution in [0.4, 0.5) is 30.2 Å². The Hall–Kier alpha value is -3.82. The standard InChI is InChI=1S/C24H24F3N3O4/c1-4-15(12-13-7-5-8-14(11-13)24(25,26)27)28-18-19(22(33)21(18)32)29-17-10-6-9-16(20(17)31)23(34)30(2)3/h5-11,15,28-29,31H,4,12H2,1-3H3. The summed E-state index contributed by atoms with van der Waals surface area (Å²) in [4.78, 5) is 37.9. The lowest BCUT2D eigenvalue weighted by atomic mass is 10.0. The second kappa shape index (κ2) is 9.58. The second-order valence-electron chi connectivity index (χ2n) is 8.09. The van der Waals surface area contributed by atoms with Crippen LogP contribution in [-0.4, -0.2) is 36.1 Å². The van der Waals surface area contributed by atoms with Gasteiger partial charge in [0, 0.05) is 20.1 Å². The quantitative estimate of drug-likeness (QED) is 0.338. The number of benzene rings is 2. The monoisotopic (exact) mass is 475 g/mol. The maximum absolute atomic E-state index is 13.0. The Morgan fingerprint density at radius 2 is 1.71 bits per heavy atom. The summed E-state index contributed by atoms with van der Waals surface area (Å²) in [5, 5.41) is 16.1. The third-order valence-electron chi connectivity index (χ3n) is 5.42. The summed E-state index contributed by atoms with van der Waals surface area (Å²) >= 11 is 0. The molecule has 1 amide bonds. The van der Waals surface area contributed by atoms with Crippen LogP contribution < -0.4 is 21.5 Å². The fourth-order valence-corrected chi connectivity index (χ4v) is 3.50. The fourth-order valence-electron chi connectivity index (χ4n) is 3.50. The Morgan fingerprint density at radius 3 is 2.32 bits per heavy atom. The predicted octanol–water partition coefficient (Wildman–Crippen LogP) is 3.89. The van der Waals surface area contributed by atoms with Crippen molar-refractivity contribution in [3.8, 4) is 5.75 Å². The molecular formula is C24H24F3N3O4. The first kappa shape index (κ1) is 24.8. The van der Waals surface area contributed by atoms with Crippen LogP contribution in [0.5, 0.6) is 5.75 Å². The van der Waals surface area contributed by atoms with Crippen molar-refractivity contribution < 1.29 is 23.1 Å². The van der Waals surface area contributed by atoms with Gasteiger partial charge in [0.2, 0.25) is 0 Å². The van der Waals surface area contributed by atoms with Crippen LogP contribution >= 0.6 is 0 Å². The van der Waals surface area contributed by atoms with Gasteiger partial charge in [0.1, 0.15) is 11.4 Å². The number of amides is 1. The van der Waals surface area contributed by atoms with Gasteiger partial charge in [-0.15, -0.1) is 0 Å². The van der Waals surface area contributed by atoms with E-state index in [-0.39, 0.29) is 34.8 Å². The number of para-hydroxylation sites is 1. The summed E-state index contributed by atoms with van der Waals surface area (Å²) < 4.78 is 39.0. The smallest absolute Gasteiger partial charge is 0.416 e. The van der Waals surface area contributed by atoms with Crippen LogP contribution in [0.1, 0.15) is 34.8 Å². The number of nitrogens with one attached hydrogen (secondary N) is 2. The topological polar surface area (TPSA) is 98.7 Å². The number of nitrogens with zero attached hydrogens (tertiary/aromatic N) is 1. The minimum atomic E-state index is -4.47. The van der Waals surface area contributed by atoms with Crippen molar-refractivity contribution in [3.63, 3.8) is 0 Å². The zero-order chi connectivity index (χ0) is 25.2. The van der Waals surface area contributed by atoms with E-state index in [2.05, 4.69) is 10.6 Å². The molecule has 3 aromatic carbocycles. The molecule has 180 valence electrons. The molecule has 0 radical (unpaired) electrons. The summed E-state index contributed by atoms with van der Waals surface area (Å²) in [7, 11) is 3.05. The SMILES string of the molecule is CCC(Cc1cccc(C(F)(F)F)c1)Nc1c(Nc2cccc(C(=O)N(C)C)c2O)c(=O)c1=O. The molecule has 1 unspecified atom stereocenters. The van der Waals surface area contributed by atoms with Crippen LogP contribution in [0.2, 0.25) is 0 Å². The maximum atomic E-state index is 13.0. The van der Waals surface area contributed by atoms with Crippen LogP contribution in [-0.2, 0) is 12.6 Å². The van der Waals surface area contributed by atoms with Crippen LogP contribution in [0, 0.1) is 0 Å². The zero-order valence-electron chi connectivity index (χ0n) is 18.8. The molecule has 0 saturated carbocycles. The number of phenolic OH excluding ortho intramolecular Hbond substituents is 1. The number of aromatic hydroxyl groups is 1. The Labute approximate surface area is 193 Å². The molecule has 7 nitrogen and oxygen atoms in total. The molecule has 1 atom stereocenters. The minimum Gasteiger partial charge on any atom is -0.505 e. The van der Waals surface area contributed by atoms with Crippen LogP contribution in [0.15, 0.2) is 52.1 Å². The Balaban J connectivity index is 1.83. The lowest BCUT2D eigenvalue weighted by molar-refractivity contribution is -0.137. The van der Waals surface area contributed by atoms with E-state index >= 15 is 0 Å². The number of hydrogen-bond acceptors (Lipinski definition) is 6. The summed E-state index contributed by atoms with van der Waals surface area (Å²) in [5.74, 6) is -0.826. The molecular weight excluding hydrogens is 451 g/mol. The Morgan fingerprint density at radius 1 is 1.06 bits per heavy atom. The summed E-state index contributed by atoms with van der Waals surface area (Å²) in [6.45, 7) is 1.80. The highest BCUT2D eigenvalue weighted by Gasteiger charge is 2.31. The Bertz CT molecular complexity index is 1280.